The van der Waals surface area contributed by atoms with Crippen LogP contribution in [0.4, 0.5) is 0 Å². The number of nitro groups is 2. The molecule has 0 N–H and O–H groups in total. The lowest BCUT2D eigenvalue weighted by Gasteiger charge is -2.11. The van der Waals surface area contributed by atoms with E-state index in [1.54, 1.807) is 0 Å². The molecule has 12 nitrogen and oxygen atoms in total. The Morgan fingerprint density at radius 1 is 0.944 bits per heavy atom. The van der Waals surface area contributed by atoms with E-state index in [1.165, 1.54) is 13.8 Å². The minimum absolute atomic E-state index is 0.0218. The molecule has 0 aromatic carbocycles. The van der Waals surface area contributed by atoms with Gasteiger partial charge in [-0.3, -0.25) is 9.68 Å². The molecule has 0 amide bonds. The van der Waals surface area contributed by atoms with E-state index in [2.05, 4.69) is 9.68 Å². The fourth-order valence-electron chi connectivity index (χ4n) is 0.693. The van der Waals surface area contributed by atoms with Crippen LogP contribution in [0.15, 0.2) is 0 Å². The lowest BCUT2D eigenvalue weighted by molar-refractivity contribution is -0.726. The number of carbonyl (C=O) groups is 2. The smallest absolute Gasteiger partial charge is 0.276 e. The molecule has 0 aliphatic rings. The van der Waals surface area contributed by atoms with Gasteiger partial charge in [0.05, 0.1) is 10.3 Å². The molecule has 0 fully saturated rings. The van der Waals surface area contributed by atoms with Gasteiger partial charge >= 0.3 is 11.9 Å². The van der Waals surface area contributed by atoms with Gasteiger partial charge in [0, 0.05) is 0 Å². The van der Waals surface area contributed by atoms with Crippen LogP contribution in [-0.2, 0) is 19.3 Å². The van der Waals surface area contributed by atoms with Gasteiger partial charge in [-0.05, 0) is 13.8 Å². The van der Waals surface area contributed by atoms with Crippen molar-refractivity contribution in [3.05, 3.63) is 20.2 Å². The Bertz CT molecular complexity index is 323. The number of carbonyl (C=O) groups excluding carboxylic acids is 2. The number of hydroxylamine groups is 2. The fraction of sp³-hybridized carbons (Fsp3) is 0.667. The van der Waals surface area contributed by atoms with Gasteiger partial charge in [-0.25, -0.2) is 29.8 Å². The Morgan fingerprint density at radius 3 is 1.39 bits per heavy atom. The molecule has 0 aromatic rings. The van der Waals surface area contributed by atoms with Crippen molar-refractivity contribution in [2.24, 2.45) is 0 Å². The monoisotopic (exact) mass is 266 g/mol. The second-order valence-electron chi connectivity index (χ2n) is 2.57. The first-order chi connectivity index (χ1) is 8.33. The highest BCUT2D eigenvalue weighted by atomic mass is 16.9. The van der Waals surface area contributed by atoms with Gasteiger partial charge in [0.25, 0.3) is 0 Å². The molecule has 102 valence electrons. The van der Waals surface area contributed by atoms with Crippen molar-refractivity contribution in [1.82, 2.24) is 10.3 Å². The van der Waals surface area contributed by atoms with Gasteiger partial charge in [-0.1, -0.05) is 0 Å². The second kappa shape index (κ2) is 6.82. The normalized spacial score (nSPS) is 9.22. The predicted molar refractivity (Wildman–Crippen MR) is 50.9 cm³/mol. The third-order valence-corrected chi connectivity index (χ3v) is 1.45. The van der Waals surface area contributed by atoms with Crippen molar-refractivity contribution in [2.45, 2.75) is 13.8 Å². The van der Waals surface area contributed by atoms with Crippen LogP contribution in [-0.4, -0.2) is 45.4 Å². The molecule has 0 aliphatic heterocycles. The Labute approximate surface area is 99.8 Å². The van der Waals surface area contributed by atoms with E-state index in [1.807, 2.05) is 0 Å². The van der Waals surface area contributed by atoms with Crippen LogP contribution in [0.25, 0.3) is 0 Å². The third-order valence-electron chi connectivity index (χ3n) is 1.45. The molecular formula is C6H10N4O8. The molecule has 0 rings (SSSR count). The first-order valence-corrected chi connectivity index (χ1v) is 4.61. The summed E-state index contributed by atoms with van der Waals surface area (Å²) in [6, 6.07) is 0. The van der Waals surface area contributed by atoms with Gasteiger partial charge in [0.15, 0.2) is 10.1 Å². The van der Waals surface area contributed by atoms with Crippen molar-refractivity contribution in [3.8, 4) is 0 Å². The Hall–Kier alpha value is -2.66. The number of nitrogens with zero attached hydrogens (tertiary/aromatic N) is 4. The van der Waals surface area contributed by atoms with E-state index < -0.39 is 22.0 Å². The van der Waals surface area contributed by atoms with E-state index >= 15 is 0 Å². The van der Waals surface area contributed by atoms with Crippen LogP contribution in [0.2, 0.25) is 0 Å². The van der Waals surface area contributed by atoms with Crippen molar-refractivity contribution < 1.29 is 29.3 Å². The van der Waals surface area contributed by atoms with Gasteiger partial charge in [0.2, 0.25) is 0 Å². The first-order valence-electron chi connectivity index (χ1n) is 4.61. The standard InChI is InChI=1S/C6H10N4O8/c1-3-7(9(13)14)17-5(11)6(12)18-8(4-2)10(15)16/h3-4H2,1-2H3. The van der Waals surface area contributed by atoms with E-state index in [0.717, 1.165) is 0 Å². The lowest BCUT2D eigenvalue weighted by atomic mass is 10.7. The zero-order valence-corrected chi connectivity index (χ0v) is 9.47. The highest BCUT2D eigenvalue weighted by Crippen LogP contribution is 1.96. The molecule has 0 bridgehead atoms. The number of hydrogen-bond donors (Lipinski definition) is 0. The Morgan fingerprint density at radius 2 is 1.22 bits per heavy atom. The molecule has 0 unspecified atom stereocenters. The lowest BCUT2D eigenvalue weighted by Crippen LogP contribution is -2.39. The number of rotatable bonds is 6. The van der Waals surface area contributed by atoms with Crippen LogP contribution < -0.4 is 0 Å². The second-order valence-corrected chi connectivity index (χ2v) is 2.57. The first kappa shape index (κ1) is 15.3. The summed E-state index contributed by atoms with van der Waals surface area (Å²) in [5.74, 6) is -3.48. The Kier molecular flexibility index (Phi) is 5.81. The minimum Gasteiger partial charge on any atom is -0.276 e. The average molecular weight is 266 g/mol. The highest BCUT2D eigenvalue weighted by Gasteiger charge is 2.30. The molecule has 0 aromatic heterocycles. The van der Waals surface area contributed by atoms with Gasteiger partial charge in [-0.2, -0.15) is 0 Å². The van der Waals surface area contributed by atoms with Crippen LogP contribution in [0.3, 0.4) is 0 Å². The van der Waals surface area contributed by atoms with Crippen molar-refractivity contribution in [2.75, 3.05) is 13.1 Å². The summed E-state index contributed by atoms with van der Waals surface area (Å²) in [6.45, 7) is 1.94. The molecule has 0 aliphatic carbocycles. The maximum Gasteiger partial charge on any atom is 0.448 e. The topological polar surface area (TPSA) is 145 Å². The van der Waals surface area contributed by atoms with E-state index in [4.69, 9.17) is 0 Å². The molecule has 0 heterocycles. The quantitative estimate of drug-likeness (QED) is 0.330. The van der Waals surface area contributed by atoms with Gasteiger partial charge in [0.1, 0.15) is 13.1 Å². The Balaban J connectivity index is 4.47. The SMILES string of the molecule is CCN(OC(=O)C(=O)ON(CC)[N+](=O)[O-])[N+](=O)[O-]. The maximum absolute atomic E-state index is 11.0. The minimum atomic E-state index is -1.74. The summed E-state index contributed by atoms with van der Waals surface area (Å²) in [4.78, 5) is 50.6. The highest BCUT2D eigenvalue weighted by molar-refractivity contribution is 6.29. The zero-order chi connectivity index (χ0) is 14.3. The van der Waals surface area contributed by atoms with E-state index in [0.29, 0.717) is 0 Å². The summed E-state index contributed by atoms with van der Waals surface area (Å²) in [5, 5.41) is 18.3. The van der Waals surface area contributed by atoms with Crippen LogP contribution in [0, 0.1) is 20.2 Å². The molecule has 0 saturated heterocycles. The summed E-state index contributed by atoms with van der Waals surface area (Å²) in [5.41, 5.74) is 0. The van der Waals surface area contributed by atoms with Crippen LogP contribution in [0.5, 0.6) is 0 Å². The van der Waals surface area contributed by atoms with Crippen LogP contribution in [0.1, 0.15) is 13.8 Å². The van der Waals surface area contributed by atoms with Crippen molar-refractivity contribution in [3.63, 3.8) is 0 Å². The maximum atomic E-state index is 11.0. The predicted octanol–water partition coefficient (Wildman–Crippen LogP) is -1.07. The molecule has 0 radical (unpaired) electrons. The van der Waals surface area contributed by atoms with Gasteiger partial charge < -0.3 is 0 Å². The summed E-state index contributed by atoms with van der Waals surface area (Å²) in [7, 11) is 0. The van der Waals surface area contributed by atoms with E-state index in [9.17, 15) is 29.8 Å². The molecular weight excluding hydrogens is 256 g/mol. The molecule has 12 heteroatoms. The third kappa shape index (κ3) is 4.46. The van der Waals surface area contributed by atoms with Crippen molar-refractivity contribution >= 4 is 11.9 Å². The number of hydrogen-bond acceptors (Lipinski definition) is 8. The number of hydrazine groups is 2. The molecule has 0 atom stereocenters. The largest absolute Gasteiger partial charge is 0.448 e. The summed E-state index contributed by atoms with van der Waals surface area (Å²) in [6.07, 6.45) is 0. The fourth-order valence-corrected chi connectivity index (χ4v) is 0.693. The van der Waals surface area contributed by atoms with Gasteiger partial charge in [-0.15, -0.1) is 0 Å². The van der Waals surface area contributed by atoms with E-state index in [-0.39, 0.29) is 23.4 Å². The zero-order valence-electron chi connectivity index (χ0n) is 9.47. The molecule has 0 spiro atoms. The molecule has 18 heavy (non-hydrogen) atoms. The molecule has 0 saturated carbocycles. The average Bonchev–Trinajstić information content (AvgIpc) is 2.31. The van der Waals surface area contributed by atoms with Crippen LogP contribution >= 0.6 is 0 Å². The summed E-state index contributed by atoms with van der Waals surface area (Å²) < 4.78 is 0. The van der Waals surface area contributed by atoms with Crippen molar-refractivity contribution in [1.29, 1.82) is 0 Å². The summed E-state index contributed by atoms with van der Waals surface area (Å²) >= 11 is 0.